The van der Waals surface area contributed by atoms with E-state index in [0.29, 0.717) is 22.8 Å². The van der Waals surface area contributed by atoms with Crippen LogP contribution >= 0.6 is 0 Å². The standard InChI is InChI=1S/C23H18N4O5/c1-14-17(7-5-9-20(14)27(29)30)22(28)24-19-8-4-3-6-18(19)23-25-21(26-32-23)15-10-12-16(31-2)13-11-15/h3-13H,1-2H3,(H,24,28). The Labute approximate surface area is 182 Å². The van der Waals surface area contributed by atoms with E-state index in [-0.39, 0.29) is 22.7 Å². The number of nitrogens with zero attached hydrogens (tertiary/aromatic N) is 3. The van der Waals surface area contributed by atoms with Crippen LogP contribution in [0, 0.1) is 17.0 Å². The highest BCUT2D eigenvalue weighted by Crippen LogP contribution is 2.30. The van der Waals surface area contributed by atoms with Gasteiger partial charge < -0.3 is 14.6 Å². The molecule has 0 spiro atoms. The molecule has 0 atom stereocenters. The van der Waals surface area contributed by atoms with Gasteiger partial charge >= 0.3 is 0 Å². The molecule has 160 valence electrons. The van der Waals surface area contributed by atoms with Crippen molar-refractivity contribution in [2.75, 3.05) is 12.4 Å². The Bertz CT molecular complexity index is 1300. The third-order valence-corrected chi connectivity index (χ3v) is 4.93. The van der Waals surface area contributed by atoms with Crippen molar-refractivity contribution in [3.05, 3.63) is 88.0 Å². The topological polar surface area (TPSA) is 120 Å². The molecule has 0 bridgehead atoms. The minimum atomic E-state index is -0.515. The summed E-state index contributed by atoms with van der Waals surface area (Å²) in [7, 11) is 1.59. The van der Waals surface area contributed by atoms with Gasteiger partial charge in [-0.2, -0.15) is 4.98 Å². The van der Waals surface area contributed by atoms with Gasteiger partial charge in [-0.3, -0.25) is 14.9 Å². The van der Waals surface area contributed by atoms with Gasteiger partial charge in [-0.25, -0.2) is 0 Å². The molecule has 0 aliphatic rings. The maximum absolute atomic E-state index is 12.9. The van der Waals surface area contributed by atoms with Gasteiger partial charge in [0.05, 0.1) is 23.3 Å². The first kappa shape index (κ1) is 20.7. The zero-order chi connectivity index (χ0) is 22.7. The number of nitrogens with one attached hydrogen (secondary N) is 1. The first-order valence-electron chi connectivity index (χ1n) is 9.61. The normalized spacial score (nSPS) is 10.6. The molecule has 32 heavy (non-hydrogen) atoms. The summed E-state index contributed by atoms with van der Waals surface area (Å²) in [6.07, 6.45) is 0. The number of nitro benzene ring substituents is 1. The van der Waals surface area contributed by atoms with Crippen molar-refractivity contribution in [3.8, 4) is 28.6 Å². The van der Waals surface area contributed by atoms with Crippen LogP contribution < -0.4 is 10.1 Å². The van der Waals surface area contributed by atoms with Crippen LogP contribution in [0.3, 0.4) is 0 Å². The number of ether oxygens (including phenoxy) is 1. The highest BCUT2D eigenvalue weighted by atomic mass is 16.6. The zero-order valence-electron chi connectivity index (χ0n) is 17.2. The number of aromatic nitrogens is 2. The molecule has 1 heterocycles. The lowest BCUT2D eigenvalue weighted by molar-refractivity contribution is -0.385. The lowest BCUT2D eigenvalue weighted by Crippen LogP contribution is -2.14. The van der Waals surface area contributed by atoms with Crippen LogP contribution in [0.5, 0.6) is 5.75 Å². The van der Waals surface area contributed by atoms with E-state index in [2.05, 4.69) is 15.5 Å². The molecule has 0 aliphatic heterocycles. The van der Waals surface area contributed by atoms with E-state index in [0.717, 1.165) is 5.56 Å². The number of benzene rings is 3. The summed E-state index contributed by atoms with van der Waals surface area (Å²) in [6.45, 7) is 1.54. The molecule has 1 aromatic heterocycles. The zero-order valence-corrected chi connectivity index (χ0v) is 17.2. The molecule has 4 aromatic rings. The van der Waals surface area contributed by atoms with Crippen molar-refractivity contribution in [1.82, 2.24) is 10.1 Å². The number of hydrogen-bond donors (Lipinski definition) is 1. The van der Waals surface area contributed by atoms with Gasteiger partial charge in [0.1, 0.15) is 5.75 Å². The van der Waals surface area contributed by atoms with Crippen molar-refractivity contribution >= 4 is 17.3 Å². The van der Waals surface area contributed by atoms with E-state index < -0.39 is 10.8 Å². The average molecular weight is 430 g/mol. The minimum absolute atomic E-state index is 0.119. The maximum Gasteiger partial charge on any atom is 0.273 e. The average Bonchev–Trinajstić information content (AvgIpc) is 3.29. The molecule has 1 amide bonds. The lowest BCUT2D eigenvalue weighted by atomic mass is 10.1. The second kappa shape index (κ2) is 8.68. The Morgan fingerprint density at radius 2 is 1.81 bits per heavy atom. The van der Waals surface area contributed by atoms with Crippen molar-refractivity contribution in [2.45, 2.75) is 6.92 Å². The molecule has 1 N–H and O–H groups in total. The Kier molecular flexibility index (Phi) is 5.63. The second-order valence-corrected chi connectivity index (χ2v) is 6.86. The van der Waals surface area contributed by atoms with E-state index in [9.17, 15) is 14.9 Å². The summed E-state index contributed by atoms with van der Waals surface area (Å²) >= 11 is 0. The highest BCUT2D eigenvalue weighted by molar-refractivity contribution is 6.07. The number of anilines is 1. The van der Waals surface area contributed by atoms with E-state index in [1.165, 1.54) is 25.1 Å². The summed E-state index contributed by atoms with van der Waals surface area (Å²) in [4.78, 5) is 28.0. The molecule has 9 heteroatoms. The van der Waals surface area contributed by atoms with Gasteiger partial charge in [0.25, 0.3) is 17.5 Å². The van der Waals surface area contributed by atoms with Gasteiger partial charge in [0.15, 0.2) is 0 Å². The molecule has 9 nitrogen and oxygen atoms in total. The highest BCUT2D eigenvalue weighted by Gasteiger charge is 2.20. The number of para-hydroxylation sites is 1. The third kappa shape index (κ3) is 4.04. The van der Waals surface area contributed by atoms with Crippen LogP contribution in [0.1, 0.15) is 15.9 Å². The predicted octanol–water partition coefficient (Wildman–Crippen LogP) is 4.88. The Hall–Kier alpha value is -4.53. The summed E-state index contributed by atoms with van der Waals surface area (Å²) < 4.78 is 10.6. The largest absolute Gasteiger partial charge is 0.497 e. The molecule has 0 saturated carbocycles. The van der Waals surface area contributed by atoms with Crippen molar-refractivity contribution in [3.63, 3.8) is 0 Å². The Balaban J connectivity index is 1.63. The first-order chi connectivity index (χ1) is 15.5. The Morgan fingerprint density at radius 3 is 2.53 bits per heavy atom. The van der Waals surface area contributed by atoms with E-state index in [1.54, 1.807) is 43.5 Å². The number of nitro groups is 1. The summed E-state index contributed by atoms with van der Waals surface area (Å²) in [5, 5.41) is 18.0. The molecular formula is C23H18N4O5. The van der Waals surface area contributed by atoms with Crippen LogP contribution in [-0.4, -0.2) is 28.1 Å². The minimum Gasteiger partial charge on any atom is -0.497 e. The fraction of sp³-hybridized carbons (Fsp3) is 0.0870. The van der Waals surface area contributed by atoms with Crippen LogP contribution in [-0.2, 0) is 0 Å². The number of carbonyl (C=O) groups excluding carboxylic acids is 1. The van der Waals surface area contributed by atoms with Crippen molar-refractivity contribution in [2.24, 2.45) is 0 Å². The summed E-state index contributed by atoms with van der Waals surface area (Å²) in [5.41, 5.74) is 2.08. The molecular weight excluding hydrogens is 412 g/mol. The van der Waals surface area contributed by atoms with Crippen LogP contribution in [0.25, 0.3) is 22.8 Å². The number of rotatable bonds is 6. The first-order valence-corrected chi connectivity index (χ1v) is 9.61. The molecule has 3 aromatic carbocycles. The quantitative estimate of drug-likeness (QED) is 0.342. The van der Waals surface area contributed by atoms with Crippen molar-refractivity contribution in [1.29, 1.82) is 0 Å². The molecule has 0 fully saturated rings. The van der Waals surface area contributed by atoms with E-state index in [1.807, 2.05) is 12.1 Å². The fourth-order valence-electron chi connectivity index (χ4n) is 3.23. The molecule has 4 rings (SSSR count). The lowest BCUT2D eigenvalue weighted by Gasteiger charge is -2.10. The van der Waals surface area contributed by atoms with Gasteiger partial charge in [-0.1, -0.05) is 23.4 Å². The predicted molar refractivity (Wildman–Crippen MR) is 118 cm³/mol. The SMILES string of the molecule is COc1ccc(-c2noc(-c3ccccc3NC(=O)c3cccc([N+](=O)[O-])c3C)n2)cc1. The van der Waals surface area contributed by atoms with Crippen LogP contribution in [0.2, 0.25) is 0 Å². The number of methoxy groups -OCH3 is 1. The third-order valence-electron chi connectivity index (χ3n) is 4.93. The smallest absolute Gasteiger partial charge is 0.273 e. The van der Waals surface area contributed by atoms with E-state index in [4.69, 9.17) is 9.26 Å². The molecule has 0 unspecified atom stereocenters. The molecule has 0 radical (unpaired) electrons. The fourth-order valence-corrected chi connectivity index (χ4v) is 3.23. The van der Waals surface area contributed by atoms with Gasteiger partial charge in [-0.15, -0.1) is 0 Å². The number of carbonyl (C=O) groups is 1. The molecule has 0 saturated heterocycles. The second-order valence-electron chi connectivity index (χ2n) is 6.86. The van der Waals surface area contributed by atoms with Crippen LogP contribution in [0.15, 0.2) is 71.3 Å². The maximum atomic E-state index is 12.9. The summed E-state index contributed by atoms with van der Waals surface area (Å²) in [5.74, 6) is 0.844. The monoisotopic (exact) mass is 430 g/mol. The Morgan fingerprint density at radius 1 is 1.06 bits per heavy atom. The number of hydrogen-bond acceptors (Lipinski definition) is 7. The summed E-state index contributed by atoms with van der Waals surface area (Å²) in [6, 6.07) is 18.5. The van der Waals surface area contributed by atoms with E-state index >= 15 is 0 Å². The van der Waals surface area contributed by atoms with Crippen molar-refractivity contribution < 1.29 is 19.0 Å². The van der Waals surface area contributed by atoms with Crippen LogP contribution in [0.4, 0.5) is 11.4 Å². The van der Waals surface area contributed by atoms with Gasteiger partial charge in [0, 0.05) is 22.8 Å². The van der Waals surface area contributed by atoms with Gasteiger partial charge in [0.2, 0.25) is 5.82 Å². The number of amides is 1. The molecule has 0 aliphatic carbocycles. The van der Waals surface area contributed by atoms with Gasteiger partial charge in [-0.05, 0) is 49.4 Å².